The van der Waals surface area contributed by atoms with E-state index in [1.54, 1.807) is 11.8 Å². The Labute approximate surface area is 99.7 Å². The van der Waals surface area contributed by atoms with Gasteiger partial charge in [0, 0.05) is 22.9 Å². The SMILES string of the molecule is C1=CSc2ccccc2C=N1.[H-].[Na+]. The summed E-state index contributed by atoms with van der Waals surface area (Å²) < 4.78 is 0. The summed E-state index contributed by atoms with van der Waals surface area (Å²) in [7, 11) is 0. The molecule has 0 aromatic heterocycles. The molecule has 1 aromatic carbocycles. The maximum absolute atomic E-state index is 4.09. The van der Waals surface area contributed by atoms with Crippen molar-refractivity contribution in [3.05, 3.63) is 41.4 Å². The number of aliphatic imine (C=N–C) groups is 1. The van der Waals surface area contributed by atoms with Crippen LogP contribution in [0.25, 0.3) is 0 Å². The minimum atomic E-state index is 0. The second kappa shape index (κ2) is 4.87. The molecule has 12 heavy (non-hydrogen) atoms. The summed E-state index contributed by atoms with van der Waals surface area (Å²) in [6, 6.07) is 8.23. The Kier molecular flexibility index (Phi) is 4.09. The predicted octanol–water partition coefficient (Wildman–Crippen LogP) is -0.201. The molecule has 56 valence electrons. The van der Waals surface area contributed by atoms with Crippen molar-refractivity contribution in [1.82, 2.24) is 0 Å². The van der Waals surface area contributed by atoms with E-state index in [4.69, 9.17) is 0 Å². The van der Waals surface area contributed by atoms with Gasteiger partial charge in [0.2, 0.25) is 0 Å². The Bertz CT molecular complexity index is 325. The number of fused-ring (bicyclic) bond motifs is 1. The summed E-state index contributed by atoms with van der Waals surface area (Å²) in [5, 5.41) is 1.99. The van der Waals surface area contributed by atoms with Gasteiger partial charge in [-0.05, 0) is 11.5 Å². The topological polar surface area (TPSA) is 12.4 Å². The largest absolute Gasteiger partial charge is 1.00 e. The first-order valence-corrected chi connectivity index (χ1v) is 4.29. The van der Waals surface area contributed by atoms with Crippen LogP contribution in [0, 0.1) is 0 Å². The van der Waals surface area contributed by atoms with E-state index in [2.05, 4.69) is 17.1 Å². The fourth-order valence-corrected chi connectivity index (χ4v) is 1.65. The summed E-state index contributed by atoms with van der Waals surface area (Å²) >= 11 is 1.70. The van der Waals surface area contributed by atoms with Gasteiger partial charge in [0.1, 0.15) is 0 Å². The predicted molar refractivity (Wildman–Crippen MR) is 50.1 cm³/mol. The van der Waals surface area contributed by atoms with Crippen LogP contribution in [-0.2, 0) is 0 Å². The fraction of sp³-hybridized carbons (Fsp3) is 0. The molecule has 1 nitrogen and oxygen atoms in total. The summed E-state index contributed by atoms with van der Waals surface area (Å²) in [6.45, 7) is 0. The molecule has 0 fully saturated rings. The molecular weight excluding hydrogens is 177 g/mol. The zero-order chi connectivity index (χ0) is 7.52. The third kappa shape index (κ3) is 2.23. The van der Waals surface area contributed by atoms with Crippen LogP contribution < -0.4 is 29.6 Å². The van der Waals surface area contributed by atoms with Crippen LogP contribution in [-0.4, -0.2) is 6.21 Å². The van der Waals surface area contributed by atoms with Crippen molar-refractivity contribution in [1.29, 1.82) is 0 Å². The smallest absolute Gasteiger partial charge is 1.00 e. The molecule has 0 radical (unpaired) electrons. The van der Waals surface area contributed by atoms with E-state index >= 15 is 0 Å². The Balaban J connectivity index is 0.000000720. The zero-order valence-corrected chi connectivity index (χ0v) is 9.71. The fourth-order valence-electron chi connectivity index (χ4n) is 0.957. The third-order valence-electron chi connectivity index (χ3n) is 1.47. The van der Waals surface area contributed by atoms with Crippen molar-refractivity contribution in [3.8, 4) is 0 Å². The number of thioether (sulfide) groups is 1. The van der Waals surface area contributed by atoms with E-state index in [-0.39, 0.29) is 31.0 Å². The first-order chi connectivity index (χ1) is 5.47. The van der Waals surface area contributed by atoms with Crippen LogP contribution in [0.5, 0.6) is 0 Å². The van der Waals surface area contributed by atoms with Crippen LogP contribution in [0.2, 0.25) is 0 Å². The van der Waals surface area contributed by atoms with Crippen molar-refractivity contribution in [2.45, 2.75) is 4.90 Å². The van der Waals surface area contributed by atoms with Gasteiger partial charge in [0.05, 0.1) is 0 Å². The molecule has 0 amide bonds. The van der Waals surface area contributed by atoms with Gasteiger partial charge in [-0.1, -0.05) is 30.0 Å². The molecule has 0 spiro atoms. The van der Waals surface area contributed by atoms with Crippen LogP contribution in [0.15, 0.2) is 45.8 Å². The van der Waals surface area contributed by atoms with Gasteiger partial charge >= 0.3 is 29.6 Å². The summed E-state index contributed by atoms with van der Waals surface area (Å²) in [5.74, 6) is 0. The maximum Gasteiger partial charge on any atom is 1.00 e. The second-order valence-electron chi connectivity index (χ2n) is 2.22. The average Bonchev–Trinajstić information content (AvgIpc) is 2.28. The van der Waals surface area contributed by atoms with Crippen LogP contribution in [0.1, 0.15) is 6.99 Å². The number of hydrogen-bond acceptors (Lipinski definition) is 2. The number of benzene rings is 1. The Hall–Kier alpha value is -0.0200. The molecule has 0 saturated heterocycles. The molecule has 1 aliphatic heterocycles. The molecular formula is C9H8NNaS. The van der Waals surface area contributed by atoms with Crippen molar-refractivity contribution in [2.24, 2.45) is 4.99 Å². The standard InChI is InChI=1S/C9H7NS.Na.H/c1-2-4-9-8(3-1)7-10-5-6-11-9;;/h1-7H;;/q;+1;-1. The molecule has 2 rings (SSSR count). The average molecular weight is 185 g/mol. The number of hydrogen-bond donors (Lipinski definition) is 0. The Morgan fingerprint density at radius 3 is 3.00 bits per heavy atom. The molecule has 1 aromatic rings. The van der Waals surface area contributed by atoms with Crippen LogP contribution in [0.3, 0.4) is 0 Å². The van der Waals surface area contributed by atoms with Gasteiger partial charge in [-0.15, -0.1) is 0 Å². The molecule has 0 bridgehead atoms. The first kappa shape index (κ1) is 10.1. The van der Waals surface area contributed by atoms with Crippen molar-refractivity contribution < 1.29 is 31.0 Å². The minimum Gasteiger partial charge on any atom is -1.00 e. The Morgan fingerprint density at radius 2 is 2.08 bits per heavy atom. The third-order valence-corrected chi connectivity index (χ3v) is 2.36. The van der Waals surface area contributed by atoms with E-state index in [0.717, 1.165) is 0 Å². The van der Waals surface area contributed by atoms with Gasteiger partial charge < -0.3 is 1.43 Å². The van der Waals surface area contributed by atoms with Gasteiger partial charge in [0.25, 0.3) is 0 Å². The maximum atomic E-state index is 4.09. The van der Waals surface area contributed by atoms with Crippen molar-refractivity contribution >= 4 is 18.0 Å². The van der Waals surface area contributed by atoms with Crippen molar-refractivity contribution in [2.75, 3.05) is 0 Å². The molecule has 0 N–H and O–H groups in total. The van der Waals surface area contributed by atoms with E-state index in [1.165, 1.54) is 10.5 Å². The van der Waals surface area contributed by atoms with Gasteiger partial charge in [-0.2, -0.15) is 0 Å². The molecule has 3 heteroatoms. The van der Waals surface area contributed by atoms with Crippen LogP contribution >= 0.6 is 11.8 Å². The molecule has 0 unspecified atom stereocenters. The van der Waals surface area contributed by atoms with E-state index in [1.807, 2.05) is 30.0 Å². The molecule has 0 saturated carbocycles. The normalized spacial score (nSPS) is 13.0. The van der Waals surface area contributed by atoms with E-state index in [0.29, 0.717) is 0 Å². The van der Waals surface area contributed by atoms with E-state index < -0.39 is 0 Å². The molecule has 0 aliphatic carbocycles. The summed E-state index contributed by atoms with van der Waals surface area (Å²) in [5.41, 5.74) is 1.20. The zero-order valence-electron chi connectivity index (χ0n) is 7.90. The first-order valence-electron chi connectivity index (χ1n) is 3.41. The van der Waals surface area contributed by atoms with Crippen molar-refractivity contribution in [3.63, 3.8) is 0 Å². The quantitative estimate of drug-likeness (QED) is 0.510. The number of nitrogens with zero attached hydrogens (tertiary/aromatic N) is 1. The van der Waals surface area contributed by atoms with E-state index in [9.17, 15) is 0 Å². The van der Waals surface area contributed by atoms with Gasteiger partial charge in [-0.3, -0.25) is 4.99 Å². The summed E-state index contributed by atoms with van der Waals surface area (Å²) in [4.78, 5) is 5.35. The van der Waals surface area contributed by atoms with Gasteiger partial charge in [0.15, 0.2) is 0 Å². The molecule has 1 aliphatic rings. The monoisotopic (exact) mass is 185 g/mol. The second-order valence-corrected chi connectivity index (χ2v) is 3.17. The number of rotatable bonds is 0. The minimum absolute atomic E-state index is 0. The summed E-state index contributed by atoms with van der Waals surface area (Å²) in [6.07, 6.45) is 3.69. The Morgan fingerprint density at radius 1 is 1.25 bits per heavy atom. The molecule has 0 atom stereocenters. The van der Waals surface area contributed by atoms with Crippen LogP contribution in [0.4, 0.5) is 0 Å². The van der Waals surface area contributed by atoms with Gasteiger partial charge in [-0.25, -0.2) is 0 Å². The molecule has 1 heterocycles.